The Labute approximate surface area is 379 Å². The smallest absolute Gasteiger partial charge is 0.305 e. The van der Waals surface area contributed by atoms with Crippen LogP contribution in [0.25, 0.3) is 0 Å². The van der Waals surface area contributed by atoms with Gasteiger partial charge in [0, 0.05) is 12.8 Å². The van der Waals surface area contributed by atoms with Gasteiger partial charge in [-0.1, -0.05) is 217 Å². The maximum Gasteiger partial charge on any atom is 0.305 e. The SMILES string of the molecule is CCCCCCC/C=C\CCCCCCCC(=O)OCCCCCCCCC/C=C\CCCCCCCC(=O)NC(CO)C(O)/C=C/CCCCCCCCCCCCCC. The molecule has 6 nitrogen and oxygen atoms in total. The lowest BCUT2D eigenvalue weighted by atomic mass is 10.0. The van der Waals surface area contributed by atoms with Crippen LogP contribution in [0.3, 0.4) is 0 Å². The van der Waals surface area contributed by atoms with Gasteiger partial charge >= 0.3 is 5.97 Å². The molecule has 0 aliphatic rings. The topological polar surface area (TPSA) is 95.9 Å². The van der Waals surface area contributed by atoms with Gasteiger partial charge in [0.25, 0.3) is 0 Å². The average Bonchev–Trinajstić information content (AvgIpc) is 3.26. The van der Waals surface area contributed by atoms with Gasteiger partial charge in [-0.3, -0.25) is 9.59 Å². The molecule has 0 aromatic rings. The Morgan fingerprint density at radius 1 is 0.443 bits per heavy atom. The van der Waals surface area contributed by atoms with E-state index in [0.717, 1.165) is 64.2 Å². The number of unbranched alkanes of at least 4 members (excludes halogenated alkanes) is 34. The minimum atomic E-state index is -0.855. The fourth-order valence-electron chi connectivity index (χ4n) is 7.97. The zero-order chi connectivity index (χ0) is 44.4. The van der Waals surface area contributed by atoms with Crippen LogP contribution in [0, 0.1) is 0 Å². The number of ether oxygens (including phenoxy) is 1. The second-order valence-electron chi connectivity index (χ2n) is 18.2. The zero-order valence-corrected chi connectivity index (χ0v) is 40.6. The Kier molecular flexibility index (Phi) is 49.1. The molecule has 0 rings (SSSR count). The van der Waals surface area contributed by atoms with E-state index in [-0.39, 0.29) is 18.5 Å². The van der Waals surface area contributed by atoms with Gasteiger partial charge in [0.05, 0.1) is 25.4 Å². The molecule has 61 heavy (non-hydrogen) atoms. The van der Waals surface area contributed by atoms with Crippen molar-refractivity contribution < 1.29 is 24.5 Å². The third-order valence-corrected chi connectivity index (χ3v) is 12.1. The van der Waals surface area contributed by atoms with E-state index in [4.69, 9.17) is 4.74 Å². The minimum absolute atomic E-state index is 0.0129. The largest absolute Gasteiger partial charge is 0.466 e. The van der Waals surface area contributed by atoms with Crippen molar-refractivity contribution in [3.05, 3.63) is 36.5 Å². The van der Waals surface area contributed by atoms with Gasteiger partial charge < -0.3 is 20.3 Å². The molecule has 0 aromatic heterocycles. The van der Waals surface area contributed by atoms with Crippen LogP contribution in [0.15, 0.2) is 36.5 Å². The molecule has 0 aliphatic carbocycles. The van der Waals surface area contributed by atoms with Crippen molar-refractivity contribution in [2.75, 3.05) is 13.2 Å². The number of aliphatic hydroxyl groups excluding tert-OH is 2. The number of hydrogen-bond acceptors (Lipinski definition) is 5. The summed E-state index contributed by atoms with van der Waals surface area (Å²) >= 11 is 0. The molecule has 0 spiro atoms. The molecule has 0 aliphatic heterocycles. The summed E-state index contributed by atoms with van der Waals surface area (Å²) in [6.07, 6.45) is 61.4. The summed E-state index contributed by atoms with van der Waals surface area (Å²) in [4.78, 5) is 24.4. The first kappa shape index (κ1) is 59.1. The molecule has 3 N–H and O–H groups in total. The number of aliphatic hydroxyl groups is 2. The predicted molar refractivity (Wildman–Crippen MR) is 264 cm³/mol. The number of allylic oxidation sites excluding steroid dienone is 5. The summed E-state index contributed by atoms with van der Waals surface area (Å²) in [5, 5.41) is 23.0. The predicted octanol–water partition coefficient (Wildman–Crippen LogP) is 16.1. The van der Waals surface area contributed by atoms with Crippen molar-refractivity contribution in [2.45, 2.75) is 289 Å². The van der Waals surface area contributed by atoms with E-state index in [1.54, 1.807) is 6.08 Å². The Balaban J connectivity index is 3.51. The summed E-state index contributed by atoms with van der Waals surface area (Å²) in [6, 6.07) is -0.640. The number of rotatable bonds is 49. The summed E-state index contributed by atoms with van der Waals surface area (Å²) in [5.41, 5.74) is 0. The van der Waals surface area contributed by atoms with Gasteiger partial charge in [0.1, 0.15) is 0 Å². The molecule has 2 atom stereocenters. The number of carbonyl (C=O) groups excluding carboxylic acids is 2. The lowest BCUT2D eigenvalue weighted by Crippen LogP contribution is -2.45. The molecule has 0 fully saturated rings. The van der Waals surface area contributed by atoms with Gasteiger partial charge in [-0.2, -0.15) is 0 Å². The Hall–Kier alpha value is -1.92. The van der Waals surface area contributed by atoms with Crippen molar-refractivity contribution in [1.29, 1.82) is 0 Å². The maximum absolute atomic E-state index is 12.4. The van der Waals surface area contributed by atoms with Crippen molar-refractivity contribution >= 4 is 11.9 Å². The number of esters is 1. The molecule has 6 heteroatoms. The second-order valence-corrected chi connectivity index (χ2v) is 18.2. The molecule has 0 bridgehead atoms. The van der Waals surface area contributed by atoms with Crippen LogP contribution >= 0.6 is 0 Å². The molecule has 0 saturated heterocycles. The van der Waals surface area contributed by atoms with Crippen molar-refractivity contribution in [3.63, 3.8) is 0 Å². The van der Waals surface area contributed by atoms with Gasteiger partial charge in [0.15, 0.2) is 0 Å². The second kappa shape index (κ2) is 50.7. The van der Waals surface area contributed by atoms with Crippen LogP contribution in [0.4, 0.5) is 0 Å². The van der Waals surface area contributed by atoms with Crippen LogP contribution in [0.1, 0.15) is 277 Å². The number of amides is 1. The van der Waals surface area contributed by atoms with E-state index >= 15 is 0 Å². The van der Waals surface area contributed by atoms with Crippen molar-refractivity contribution in [1.82, 2.24) is 5.32 Å². The fourth-order valence-corrected chi connectivity index (χ4v) is 7.97. The van der Waals surface area contributed by atoms with E-state index in [1.165, 1.54) is 186 Å². The molecule has 0 radical (unpaired) electrons. The summed E-state index contributed by atoms with van der Waals surface area (Å²) < 4.78 is 5.46. The minimum Gasteiger partial charge on any atom is -0.466 e. The first-order valence-corrected chi connectivity index (χ1v) is 26.8. The molecule has 0 aromatic carbocycles. The maximum atomic E-state index is 12.4. The number of nitrogens with one attached hydrogen (secondary N) is 1. The molecule has 1 amide bonds. The highest BCUT2D eigenvalue weighted by Crippen LogP contribution is 2.15. The summed E-state index contributed by atoms with van der Waals surface area (Å²) in [7, 11) is 0. The molecular formula is C55H103NO5. The Morgan fingerprint density at radius 3 is 1.16 bits per heavy atom. The average molecular weight is 858 g/mol. The van der Waals surface area contributed by atoms with Gasteiger partial charge in [-0.25, -0.2) is 0 Å². The molecule has 0 heterocycles. The van der Waals surface area contributed by atoms with Crippen LogP contribution < -0.4 is 5.32 Å². The van der Waals surface area contributed by atoms with Gasteiger partial charge in [-0.15, -0.1) is 0 Å². The van der Waals surface area contributed by atoms with Gasteiger partial charge in [-0.05, 0) is 83.5 Å². The number of hydrogen-bond donors (Lipinski definition) is 3. The normalized spacial score (nSPS) is 12.9. The van der Waals surface area contributed by atoms with E-state index in [9.17, 15) is 19.8 Å². The molecule has 0 saturated carbocycles. The Bertz CT molecular complexity index is 993. The highest BCUT2D eigenvalue weighted by molar-refractivity contribution is 5.76. The third kappa shape index (κ3) is 47.4. The lowest BCUT2D eigenvalue weighted by molar-refractivity contribution is -0.143. The molecule has 2 unspecified atom stereocenters. The van der Waals surface area contributed by atoms with Crippen LogP contribution in [-0.2, 0) is 14.3 Å². The van der Waals surface area contributed by atoms with Crippen LogP contribution in [0.2, 0.25) is 0 Å². The van der Waals surface area contributed by atoms with E-state index in [2.05, 4.69) is 43.5 Å². The quantitative estimate of drug-likeness (QED) is 0.0322. The highest BCUT2D eigenvalue weighted by Gasteiger charge is 2.18. The number of carbonyl (C=O) groups is 2. The van der Waals surface area contributed by atoms with E-state index in [1.807, 2.05) is 6.08 Å². The van der Waals surface area contributed by atoms with Crippen LogP contribution in [-0.4, -0.2) is 47.4 Å². The van der Waals surface area contributed by atoms with Gasteiger partial charge in [0.2, 0.25) is 5.91 Å². The monoisotopic (exact) mass is 858 g/mol. The lowest BCUT2D eigenvalue weighted by Gasteiger charge is -2.20. The standard InChI is InChI=1S/C55H103NO5/c1-3-5-7-9-11-13-15-17-23-27-31-35-39-43-47-53(58)52(51-57)56-54(59)48-44-40-36-32-28-24-21-19-20-22-26-30-34-38-42-46-50-61-55(60)49-45-41-37-33-29-25-18-16-14-12-10-8-6-4-2/h16,18-19,21,43,47,52-53,57-58H,3-15,17,20,22-42,44-46,48-51H2,1-2H3,(H,56,59)/b18-16-,21-19-,47-43+. The zero-order valence-electron chi connectivity index (χ0n) is 40.6. The van der Waals surface area contributed by atoms with E-state index < -0.39 is 12.1 Å². The molecular weight excluding hydrogens is 755 g/mol. The summed E-state index contributed by atoms with van der Waals surface area (Å²) in [5.74, 6) is -0.0987. The highest BCUT2D eigenvalue weighted by atomic mass is 16.5. The fraction of sp³-hybridized carbons (Fsp3) is 0.855. The van der Waals surface area contributed by atoms with Crippen LogP contribution in [0.5, 0.6) is 0 Å². The first-order chi connectivity index (χ1) is 30.0. The summed E-state index contributed by atoms with van der Waals surface area (Å²) in [6.45, 7) is 4.86. The third-order valence-electron chi connectivity index (χ3n) is 12.1. The Morgan fingerprint density at radius 2 is 0.770 bits per heavy atom. The molecule has 358 valence electrons. The van der Waals surface area contributed by atoms with Crippen molar-refractivity contribution in [3.8, 4) is 0 Å². The first-order valence-electron chi connectivity index (χ1n) is 26.8. The van der Waals surface area contributed by atoms with E-state index in [0.29, 0.717) is 19.4 Å². The van der Waals surface area contributed by atoms with Crippen molar-refractivity contribution in [2.24, 2.45) is 0 Å².